The van der Waals surface area contributed by atoms with E-state index in [-0.39, 0.29) is 5.91 Å². The summed E-state index contributed by atoms with van der Waals surface area (Å²) in [6, 6.07) is 1.65. The maximum atomic E-state index is 12.2. The van der Waals surface area contributed by atoms with Crippen LogP contribution < -0.4 is 5.32 Å². The smallest absolute Gasteiger partial charge is 0.329 e. The molecular formula is C13H17N3O3. The number of aromatic nitrogens is 2. The molecule has 1 heterocycles. The van der Waals surface area contributed by atoms with Crippen molar-refractivity contribution in [3.05, 3.63) is 23.0 Å². The van der Waals surface area contributed by atoms with E-state index < -0.39 is 11.5 Å². The normalized spacial score (nSPS) is 16.5. The predicted octanol–water partition coefficient (Wildman–Crippen LogP) is 1.08. The molecule has 1 aromatic rings. The SMILES string of the molecule is CCc1nnc(C)cc1C(=O)NC1(C(=O)O)CCC1. The van der Waals surface area contributed by atoms with Crippen LogP contribution in [0.2, 0.25) is 0 Å². The van der Waals surface area contributed by atoms with Gasteiger partial charge in [-0.15, -0.1) is 0 Å². The third-order valence-electron chi connectivity index (χ3n) is 3.54. The lowest BCUT2D eigenvalue weighted by atomic mass is 9.76. The van der Waals surface area contributed by atoms with Crippen LogP contribution in [0, 0.1) is 6.92 Å². The number of carboxylic acids is 1. The molecule has 6 heteroatoms. The molecule has 0 radical (unpaired) electrons. The van der Waals surface area contributed by atoms with Crippen molar-refractivity contribution in [1.82, 2.24) is 15.5 Å². The molecule has 0 atom stereocenters. The molecule has 0 saturated heterocycles. The number of carbonyl (C=O) groups excluding carboxylic acids is 1. The van der Waals surface area contributed by atoms with Crippen LogP contribution in [0.3, 0.4) is 0 Å². The number of amides is 1. The van der Waals surface area contributed by atoms with Crippen molar-refractivity contribution in [3.8, 4) is 0 Å². The van der Waals surface area contributed by atoms with Crippen molar-refractivity contribution >= 4 is 11.9 Å². The Hall–Kier alpha value is -1.98. The average Bonchev–Trinajstić information content (AvgIpc) is 2.33. The summed E-state index contributed by atoms with van der Waals surface area (Å²) >= 11 is 0. The third-order valence-corrected chi connectivity index (χ3v) is 3.54. The quantitative estimate of drug-likeness (QED) is 0.848. The van der Waals surface area contributed by atoms with E-state index in [1.165, 1.54) is 0 Å². The number of hydrogen-bond acceptors (Lipinski definition) is 4. The maximum absolute atomic E-state index is 12.2. The van der Waals surface area contributed by atoms with Gasteiger partial charge in [-0.05, 0) is 38.7 Å². The van der Waals surface area contributed by atoms with Gasteiger partial charge in [-0.25, -0.2) is 4.79 Å². The van der Waals surface area contributed by atoms with Crippen LogP contribution in [-0.2, 0) is 11.2 Å². The van der Waals surface area contributed by atoms with Gasteiger partial charge in [-0.3, -0.25) is 4.79 Å². The second-order valence-electron chi connectivity index (χ2n) is 4.89. The molecule has 0 aliphatic heterocycles. The van der Waals surface area contributed by atoms with Crippen LogP contribution in [0.25, 0.3) is 0 Å². The Labute approximate surface area is 111 Å². The molecule has 0 unspecified atom stereocenters. The first-order valence-corrected chi connectivity index (χ1v) is 6.37. The summed E-state index contributed by atoms with van der Waals surface area (Å²) < 4.78 is 0. The monoisotopic (exact) mass is 263 g/mol. The fraction of sp³-hybridized carbons (Fsp3) is 0.538. The molecular weight excluding hydrogens is 246 g/mol. The summed E-state index contributed by atoms with van der Waals surface area (Å²) in [7, 11) is 0. The van der Waals surface area contributed by atoms with Gasteiger partial charge in [0, 0.05) is 0 Å². The second-order valence-corrected chi connectivity index (χ2v) is 4.89. The van der Waals surface area contributed by atoms with Gasteiger partial charge >= 0.3 is 5.97 Å². The van der Waals surface area contributed by atoms with E-state index in [4.69, 9.17) is 0 Å². The first-order valence-electron chi connectivity index (χ1n) is 6.37. The number of nitrogens with zero attached hydrogens (tertiary/aromatic N) is 2. The minimum absolute atomic E-state index is 0.378. The summed E-state index contributed by atoms with van der Waals surface area (Å²) in [5, 5.41) is 19.7. The fourth-order valence-electron chi connectivity index (χ4n) is 2.18. The van der Waals surface area contributed by atoms with Crippen molar-refractivity contribution in [1.29, 1.82) is 0 Å². The topological polar surface area (TPSA) is 92.2 Å². The number of nitrogens with one attached hydrogen (secondary N) is 1. The summed E-state index contributed by atoms with van der Waals surface area (Å²) in [5.41, 5.74) is 0.546. The lowest BCUT2D eigenvalue weighted by Gasteiger charge is -2.38. The lowest BCUT2D eigenvalue weighted by Crippen LogP contribution is -2.59. The number of carbonyl (C=O) groups is 2. The minimum Gasteiger partial charge on any atom is -0.480 e. The highest BCUT2D eigenvalue weighted by molar-refractivity contribution is 5.99. The van der Waals surface area contributed by atoms with E-state index in [0.29, 0.717) is 36.2 Å². The van der Waals surface area contributed by atoms with Crippen molar-refractivity contribution in [2.75, 3.05) is 0 Å². The molecule has 19 heavy (non-hydrogen) atoms. The zero-order valence-electron chi connectivity index (χ0n) is 11.1. The molecule has 0 aromatic carbocycles. The fourth-order valence-corrected chi connectivity index (χ4v) is 2.18. The third kappa shape index (κ3) is 2.43. The Bertz CT molecular complexity index is 524. The summed E-state index contributed by atoms with van der Waals surface area (Å²) in [4.78, 5) is 23.5. The van der Waals surface area contributed by atoms with E-state index in [1.54, 1.807) is 13.0 Å². The van der Waals surface area contributed by atoms with Crippen LogP contribution in [0.5, 0.6) is 0 Å². The summed E-state index contributed by atoms with van der Waals surface area (Å²) in [6.07, 6.45) is 2.36. The van der Waals surface area contributed by atoms with Gasteiger partial charge in [-0.1, -0.05) is 6.92 Å². The van der Waals surface area contributed by atoms with Crippen molar-refractivity contribution in [2.45, 2.75) is 45.1 Å². The number of carboxylic acid groups (broad SMARTS) is 1. The Balaban J connectivity index is 2.25. The molecule has 1 fully saturated rings. The first-order chi connectivity index (χ1) is 8.98. The van der Waals surface area contributed by atoms with Gasteiger partial charge in [0.05, 0.1) is 17.0 Å². The molecule has 6 nitrogen and oxygen atoms in total. The Morgan fingerprint density at radius 3 is 2.58 bits per heavy atom. The Morgan fingerprint density at radius 1 is 1.42 bits per heavy atom. The van der Waals surface area contributed by atoms with E-state index in [2.05, 4.69) is 15.5 Å². The number of rotatable bonds is 4. The molecule has 2 N–H and O–H groups in total. The average molecular weight is 263 g/mol. The molecule has 2 rings (SSSR count). The standard InChI is InChI=1S/C13H17N3O3/c1-3-10-9(7-8(2)15-16-10)11(17)14-13(12(18)19)5-4-6-13/h7H,3-6H2,1-2H3,(H,14,17)(H,18,19). The molecule has 102 valence electrons. The van der Waals surface area contributed by atoms with Crippen molar-refractivity contribution in [2.24, 2.45) is 0 Å². The maximum Gasteiger partial charge on any atom is 0.329 e. The molecule has 1 saturated carbocycles. The van der Waals surface area contributed by atoms with Gasteiger partial charge < -0.3 is 10.4 Å². The Morgan fingerprint density at radius 2 is 2.11 bits per heavy atom. The van der Waals surface area contributed by atoms with E-state index in [9.17, 15) is 14.7 Å². The van der Waals surface area contributed by atoms with Gasteiger partial charge in [0.15, 0.2) is 0 Å². The molecule has 1 aliphatic rings. The molecule has 1 amide bonds. The molecule has 0 bridgehead atoms. The predicted molar refractivity (Wildman–Crippen MR) is 67.8 cm³/mol. The zero-order chi connectivity index (χ0) is 14.0. The summed E-state index contributed by atoms with van der Waals surface area (Å²) in [6.45, 7) is 3.63. The highest BCUT2D eigenvalue weighted by Crippen LogP contribution is 2.32. The number of aryl methyl sites for hydroxylation is 2. The van der Waals surface area contributed by atoms with Crippen molar-refractivity contribution < 1.29 is 14.7 Å². The molecule has 1 aliphatic carbocycles. The second kappa shape index (κ2) is 4.95. The van der Waals surface area contributed by atoms with Gasteiger partial charge in [0.25, 0.3) is 5.91 Å². The van der Waals surface area contributed by atoms with Crippen LogP contribution in [0.15, 0.2) is 6.07 Å². The van der Waals surface area contributed by atoms with Gasteiger partial charge in [-0.2, -0.15) is 10.2 Å². The van der Waals surface area contributed by atoms with E-state index in [1.807, 2.05) is 6.92 Å². The van der Waals surface area contributed by atoms with E-state index >= 15 is 0 Å². The summed E-state index contributed by atoms with van der Waals surface area (Å²) in [5.74, 6) is -1.35. The highest BCUT2D eigenvalue weighted by atomic mass is 16.4. The highest BCUT2D eigenvalue weighted by Gasteiger charge is 2.46. The van der Waals surface area contributed by atoms with Crippen molar-refractivity contribution in [3.63, 3.8) is 0 Å². The van der Waals surface area contributed by atoms with E-state index in [0.717, 1.165) is 6.42 Å². The lowest BCUT2D eigenvalue weighted by molar-refractivity contribution is -0.148. The van der Waals surface area contributed by atoms with Crippen LogP contribution in [-0.4, -0.2) is 32.7 Å². The van der Waals surface area contributed by atoms with Crippen LogP contribution in [0.4, 0.5) is 0 Å². The number of aliphatic carboxylic acids is 1. The zero-order valence-corrected chi connectivity index (χ0v) is 11.1. The molecule has 0 spiro atoms. The largest absolute Gasteiger partial charge is 0.480 e. The minimum atomic E-state index is -1.10. The van der Waals surface area contributed by atoms with Gasteiger partial charge in [0.1, 0.15) is 5.54 Å². The number of hydrogen-bond donors (Lipinski definition) is 2. The van der Waals surface area contributed by atoms with Gasteiger partial charge in [0.2, 0.25) is 0 Å². The molecule has 1 aromatic heterocycles. The Kier molecular flexibility index (Phi) is 3.50. The van der Waals surface area contributed by atoms with Crippen LogP contribution >= 0.6 is 0 Å². The first kappa shape index (κ1) is 13.5. The van der Waals surface area contributed by atoms with Crippen LogP contribution in [0.1, 0.15) is 47.9 Å².